The van der Waals surface area contributed by atoms with Crippen LogP contribution in [0.5, 0.6) is 0 Å². The maximum absolute atomic E-state index is 12.1. The average molecular weight is 336 g/mol. The van der Waals surface area contributed by atoms with E-state index in [1.165, 1.54) is 11.7 Å². The van der Waals surface area contributed by atoms with E-state index in [1.54, 1.807) is 24.3 Å². The number of anilines is 2. The number of nitrogens with one attached hydrogen (secondary N) is 2. The highest BCUT2D eigenvalue weighted by molar-refractivity contribution is 5.92. The van der Waals surface area contributed by atoms with E-state index in [0.717, 1.165) is 5.56 Å². The molecule has 8 nitrogen and oxygen atoms in total. The number of carbonyl (C=O) groups is 2. The summed E-state index contributed by atoms with van der Waals surface area (Å²) in [7, 11) is 0. The fraction of sp³-hybridized carbons (Fsp3) is 0.118. The average Bonchev–Trinajstić information content (AvgIpc) is 3.05. The molecule has 0 aliphatic carbocycles. The van der Waals surface area contributed by atoms with Crippen molar-refractivity contribution in [2.75, 3.05) is 10.6 Å². The van der Waals surface area contributed by atoms with Crippen molar-refractivity contribution >= 4 is 23.2 Å². The minimum absolute atomic E-state index is 0.0483. The Labute approximate surface area is 143 Å². The summed E-state index contributed by atoms with van der Waals surface area (Å²) in [5.41, 5.74) is 2.11. The molecule has 0 unspecified atom stereocenters. The van der Waals surface area contributed by atoms with Crippen LogP contribution < -0.4 is 10.6 Å². The largest absolute Gasteiger partial charge is 0.326 e. The SMILES string of the molecule is CC(=O)Nc1ccc(NC(=O)Cn2nnc(-c3ccccc3)n2)cc1. The molecule has 8 heteroatoms. The van der Waals surface area contributed by atoms with E-state index in [-0.39, 0.29) is 18.4 Å². The van der Waals surface area contributed by atoms with Crippen molar-refractivity contribution in [2.24, 2.45) is 0 Å². The van der Waals surface area contributed by atoms with Crippen molar-refractivity contribution in [3.8, 4) is 11.4 Å². The van der Waals surface area contributed by atoms with Crippen LogP contribution in [0.2, 0.25) is 0 Å². The Morgan fingerprint density at radius 2 is 1.60 bits per heavy atom. The molecule has 3 aromatic rings. The van der Waals surface area contributed by atoms with Crippen molar-refractivity contribution in [1.82, 2.24) is 20.2 Å². The highest BCUT2D eigenvalue weighted by Gasteiger charge is 2.09. The second-order valence-electron chi connectivity index (χ2n) is 5.32. The lowest BCUT2D eigenvalue weighted by molar-refractivity contribution is -0.117. The van der Waals surface area contributed by atoms with Crippen molar-refractivity contribution < 1.29 is 9.59 Å². The summed E-state index contributed by atoms with van der Waals surface area (Å²) in [6.45, 7) is 1.39. The highest BCUT2D eigenvalue weighted by Crippen LogP contribution is 2.14. The Kier molecular flexibility index (Phi) is 4.79. The summed E-state index contributed by atoms with van der Waals surface area (Å²) in [5, 5.41) is 17.4. The number of rotatable bonds is 5. The Morgan fingerprint density at radius 1 is 0.960 bits per heavy atom. The molecule has 0 aliphatic rings. The predicted octanol–water partition coefficient (Wildman–Crippen LogP) is 1.94. The van der Waals surface area contributed by atoms with Gasteiger partial charge in [-0.15, -0.1) is 10.2 Å². The first-order valence-electron chi connectivity index (χ1n) is 7.61. The van der Waals surface area contributed by atoms with Gasteiger partial charge in [0.1, 0.15) is 6.54 Å². The molecule has 0 aliphatic heterocycles. The first-order chi connectivity index (χ1) is 12.1. The van der Waals surface area contributed by atoms with Gasteiger partial charge in [-0.25, -0.2) is 0 Å². The number of benzene rings is 2. The van der Waals surface area contributed by atoms with Gasteiger partial charge >= 0.3 is 0 Å². The lowest BCUT2D eigenvalue weighted by Crippen LogP contribution is -2.20. The molecular weight excluding hydrogens is 320 g/mol. The summed E-state index contributed by atoms with van der Waals surface area (Å²) in [6.07, 6.45) is 0. The Hall–Kier alpha value is -3.55. The molecule has 126 valence electrons. The molecule has 0 atom stereocenters. The number of amides is 2. The van der Waals surface area contributed by atoms with Crippen LogP contribution in [0.1, 0.15) is 6.92 Å². The second-order valence-corrected chi connectivity index (χ2v) is 5.32. The quantitative estimate of drug-likeness (QED) is 0.741. The minimum Gasteiger partial charge on any atom is -0.326 e. The lowest BCUT2D eigenvalue weighted by Gasteiger charge is -2.06. The second kappa shape index (κ2) is 7.35. The standard InChI is InChI=1S/C17H16N6O2/c1-12(24)18-14-7-9-15(10-8-14)19-16(25)11-23-21-17(20-22-23)13-5-3-2-4-6-13/h2-10H,11H2,1H3,(H,18,24)(H,19,25). The molecule has 0 saturated carbocycles. The third-order valence-electron chi connectivity index (χ3n) is 3.26. The van der Waals surface area contributed by atoms with Crippen LogP contribution in [0.25, 0.3) is 11.4 Å². The summed E-state index contributed by atoms with van der Waals surface area (Å²) in [5.74, 6) is 0.0422. The Balaban J connectivity index is 1.59. The molecule has 3 rings (SSSR count). The molecule has 25 heavy (non-hydrogen) atoms. The van der Waals surface area contributed by atoms with Crippen LogP contribution in [0.4, 0.5) is 11.4 Å². The Bertz CT molecular complexity index is 874. The van der Waals surface area contributed by atoms with Gasteiger partial charge in [0, 0.05) is 23.9 Å². The van der Waals surface area contributed by atoms with Crippen molar-refractivity contribution in [3.63, 3.8) is 0 Å². The molecule has 0 fully saturated rings. The number of carbonyl (C=O) groups excluding carboxylic acids is 2. The summed E-state index contributed by atoms with van der Waals surface area (Å²) in [6, 6.07) is 16.2. The Morgan fingerprint density at radius 3 is 2.24 bits per heavy atom. The lowest BCUT2D eigenvalue weighted by atomic mass is 10.2. The molecule has 0 spiro atoms. The highest BCUT2D eigenvalue weighted by atomic mass is 16.2. The zero-order chi connectivity index (χ0) is 17.6. The molecule has 0 radical (unpaired) electrons. The van der Waals surface area contributed by atoms with E-state index >= 15 is 0 Å². The first-order valence-corrected chi connectivity index (χ1v) is 7.61. The fourth-order valence-electron chi connectivity index (χ4n) is 2.18. The molecular formula is C17H16N6O2. The number of aromatic nitrogens is 4. The van der Waals surface area contributed by atoms with Gasteiger partial charge < -0.3 is 10.6 Å². The molecule has 2 amide bonds. The monoisotopic (exact) mass is 336 g/mol. The van der Waals surface area contributed by atoms with Crippen molar-refractivity contribution in [3.05, 3.63) is 54.6 Å². The summed E-state index contributed by atoms with van der Waals surface area (Å²) in [4.78, 5) is 24.3. The van der Waals surface area contributed by atoms with Crippen LogP contribution in [-0.2, 0) is 16.1 Å². The van der Waals surface area contributed by atoms with E-state index in [0.29, 0.717) is 17.2 Å². The van der Waals surface area contributed by atoms with Crippen molar-refractivity contribution in [2.45, 2.75) is 13.5 Å². The van der Waals surface area contributed by atoms with E-state index in [4.69, 9.17) is 0 Å². The molecule has 1 aromatic heterocycles. The first kappa shape index (κ1) is 16.3. The smallest absolute Gasteiger partial charge is 0.248 e. The number of hydrogen-bond donors (Lipinski definition) is 2. The van der Waals surface area contributed by atoms with Gasteiger partial charge in [0.05, 0.1) is 0 Å². The molecule has 2 N–H and O–H groups in total. The maximum atomic E-state index is 12.1. The molecule has 0 saturated heterocycles. The van der Waals surface area contributed by atoms with E-state index < -0.39 is 0 Å². The van der Waals surface area contributed by atoms with Gasteiger partial charge in [0.15, 0.2) is 0 Å². The third-order valence-corrected chi connectivity index (χ3v) is 3.26. The van der Waals surface area contributed by atoms with Crippen LogP contribution >= 0.6 is 0 Å². The van der Waals surface area contributed by atoms with E-state index in [9.17, 15) is 9.59 Å². The van der Waals surface area contributed by atoms with Gasteiger partial charge in [0.2, 0.25) is 17.6 Å². The summed E-state index contributed by atoms with van der Waals surface area (Å²) < 4.78 is 0. The van der Waals surface area contributed by atoms with Crippen molar-refractivity contribution in [1.29, 1.82) is 0 Å². The predicted molar refractivity (Wildman–Crippen MR) is 92.6 cm³/mol. The minimum atomic E-state index is -0.274. The molecule has 2 aromatic carbocycles. The number of nitrogens with zero attached hydrogens (tertiary/aromatic N) is 4. The van der Waals surface area contributed by atoms with Gasteiger partial charge in [-0.05, 0) is 29.5 Å². The molecule has 1 heterocycles. The topological polar surface area (TPSA) is 102 Å². The van der Waals surface area contributed by atoms with E-state index in [2.05, 4.69) is 26.0 Å². The fourth-order valence-corrected chi connectivity index (χ4v) is 2.18. The maximum Gasteiger partial charge on any atom is 0.248 e. The normalized spacial score (nSPS) is 10.3. The van der Waals surface area contributed by atoms with Crippen LogP contribution in [0.3, 0.4) is 0 Å². The van der Waals surface area contributed by atoms with Crippen LogP contribution in [0, 0.1) is 0 Å². The van der Waals surface area contributed by atoms with Gasteiger partial charge in [-0.1, -0.05) is 30.3 Å². The summed E-state index contributed by atoms with van der Waals surface area (Å²) >= 11 is 0. The molecule has 0 bridgehead atoms. The van der Waals surface area contributed by atoms with Gasteiger partial charge in [0.25, 0.3) is 0 Å². The van der Waals surface area contributed by atoms with Crippen LogP contribution in [-0.4, -0.2) is 32.0 Å². The zero-order valence-corrected chi connectivity index (χ0v) is 13.5. The third kappa shape index (κ3) is 4.47. The van der Waals surface area contributed by atoms with Crippen LogP contribution in [0.15, 0.2) is 54.6 Å². The number of hydrogen-bond acceptors (Lipinski definition) is 5. The van der Waals surface area contributed by atoms with E-state index in [1.807, 2.05) is 30.3 Å². The van der Waals surface area contributed by atoms with Gasteiger partial charge in [-0.3, -0.25) is 9.59 Å². The van der Waals surface area contributed by atoms with Gasteiger partial charge in [-0.2, -0.15) is 4.80 Å². The zero-order valence-electron chi connectivity index (χ0n) is 13.5. The number of tetrazole rings is 1.